The summed E-state index contributed by atoms with van der Waals surface area (Å²) in [5.74, 6) is 2.03. The zero-order valence-corrected chi connectivity index (χ0v) is 30.0. The molecule has 13 heteroatoms. The molecule has 0 bridgehead atoms. The molecule has 2 amide bonds. The van der Waals surface area contributed by atoms with Crippen LogP contribution in [0, 0.1) is 0 Å². The van der Waals surface area contributed by atoms with E-state index in [-0.39, 0.29) is 48.2 Å². The molecule has 0 aliphatic carbocycles. The number of benzene rings is 3. The van der Waals surface area contributed by atoms with Crippen molar-refractivity contribution in [3.8, 4) is 28.7 Å². The Balaban J connectivity index is 1.12. The summed E-state index contributed by atoms with van der Waals surface area (Å²) < 4.78 is 29.7. The summed E-state index contributed by atoms with van der Waals surface area (Å²) in [6, 6.07) is 12.1. The van der Waals surface area contributed by atoms with Gasteiger partial charge < -0.3 is 33.5 Å². The first-order valence-electron chi connectivity index (χ1n) is 16.7. The van der Waals surface area contributed by atoms with Crippen molar-refractivity contribution in [2.75, 3.05) is 33.2 Å². The van der Waals surface area contributed by atoms with Crippen molar-refractivity contribution in [3.05, 3.63) is 89.0 Å². The van der Waals surface area contributed by atoms with Crippen LogP contribution in [0.25, 0.3) is 0 Å². The lowest BCUT2D eigenvalue weighted by Gasteiger charge is -2.20. The molecule has 3 aromatic rings. The van der Waals surface area contributed by atoms with Crippen LogP contribution in [0.1, 0.15) is 51.6 Å². The average Bonchev–Trinajstić information content (AvgIpc) is 3.64. The van der Waals surface area contributed by atoms with E-state index in [9.17, 15) is 14.4 Å². The van der Waals surface area contributed by atoms with Crippen molar-refractivity contribution in [2.24, 2.45) is 9.98 Å². The van der Waals surface area contributed by atoms with E-state index in [2.05, 4.69) is 23.1 Å². The van der Waals surface area contributed by atoms with Crippen LogP contribution in [0.4, 0.5) is 11.4 Å². The largest absolute Gasteiger partial charge is 0.493 e. The molecular formula is C39H38N4O8S. The standard InChI is InChI=1S/C39H38N4O8S/c1-22-6-27-15-40-32-13-36(34(47-4)11-30(32)38(45)42(27)17-22)49-19-25-8-26(10-29(9-25)51-21-52-24(3)44)20-50-37-14-33-31(12-35(37)48-5)39(46)43-18-23(2)7-28(43)16-41-33/h8-16,27-28H,1-2,6-7,17-21H2,3-5H3/t27-,28-/m0/s1. The van der Waals surface area contributed by atoms with Crippen molar-refractivity contribution >= 4 is 52.5 Å². The van der Waals surface area contributed by atoms with E-state index in [1.54, 1.807) is 46.5 Å². The van der Waals surface area contributed by atoms with Gasteiger partial charge in [-0.25, -0.2) is 0 Å². The Hall–Kier alpha value is -5.56. The van der Waals surface area contributed by atoms with E-state index >= 15 is 0 Å². The van der Waals surface area contributed by atoms with E-state index in [1.807, 2.05) is 18.2 Å². The van der Waals surface area contributed by atoms with Gasteiger partial charge in [-0.15, -0.1) is 0 Å². The van der Waals surface area contributed by atoms with E-state index in [4.69, 9.17) is 23.7 Å². The Morgan fingerprint density at radius 2 is 1.21 bits per heavy atom. The molecule has 52 heavy (non-hydrogen) atoms. The molecule has 12 nitrogen and oxygen atoms in total. The SMILES string of the molecule is C=C1C[C@H]2C=Nc3cc(OCc4cc(COc5cc6c(cc5OC)C(=O)N5CC(=C)C[C@H]5C=N6)cc(OCSC(C)=O)c4)c(OC)cc3C(=O)N2C1. The highest BCUT2D eigenvalue weighted by Crippen LogP contribution is 2.41. The highest BCUT2D eigenvalue weighted by atomic mass is 32.2. The van der Waals surface area contributed by atoms with Crippen LogP contribution in [0.3, 0.4) is 0 Å². The smallest absolute Gasteiger partial charge is 0.257 e. The number of hydrogen-bond acceptors (Lipinski definition) is 11. The number of methoxy groups -OCH3 is 2. The lowest BCUT2D eigenvalue weighted by Crippen LogP contribution is -2.35. The van der Waals surface area contributed by atoms with Gasteiger partial charge >= 0.3 is 0 Å². The number of aliphatic imine (C=N–C) groups is 2. The van der Waals surface area contributed by atoms with Crippen molar-refractivity contribution in [1.29, 1.82) is 0 Å². The van der Waals surface area contributed by atoms with Gasteiger partial charge in [0, 0.05) is 44.6 Å². The Labute approximate surface area is 305 Å². The molecule has 0 unspecified atom stereocenters. The van der Waals surface area contributed by atoms with E-state index in [0.29, 0.717) is 77.2 Å². The molecular weight excluding hydrogens is 685 g/mol. The summed E-state index contributed by atoms with van der Waals surface area (Å²) in [5.41, 5.74) is 5.36. The number of carbonyl (C=O) groups is 3. The molecule has 0 saturated carbocycles. The van der Waals surface area contributed by atoms with Gasteiger partial charge in [0.05, 0.1) is 48.8 Å². The second-order valence-corrected chi connectivity index (χ2v) is 14.1. The molecule has 0 aromatic heterocycles. The Morgan fingerprint density at radius 1 is 0.731 bits per heavy atom. The molecule has 7 rings (SSSR count). The molecule has 2 saturated heterocycles. The predicted molar refractivity (Wildman–Crippen MR) is 198 cm³/mol. The normalized spacial score (nSPS) is 18.7. The molecule has 0 N–H and O–H groups in total. The zero-order chi connectivity index (χ0) is 36.5. The van der Waals surface area contributed by atoms with E-state index < -0.39 is 0 Å². The minimum absolute atomic E-state index is 0.0633. The van der Waals surface area contributed by atoms with Crippen LogP contribution in [0.15, 0.2) is 76.8 Å². The summed E-state index contributed by atoms with van der Waals surface area (Å²) in [5, 5.41) is -0.0633. The maximum Gasteiger partial charge on any atom is 0.257 e. The molecule has 0 radical (unpaired) electrons. The van der Waals surface area contributed by atoms with Crippen molar-refractivity contribution in [1.82, 2.24) is 9.80 Å². The monoisotopic (exact) mass is 722 g/mol. The van der Waals surface area contributed by atoms with Gasteiger partial charge in [0.15, 0.2) is 28.1 Å². The van der Waals surface area contributed by atoms with Crippen molar-refractivity contribution in [3.63, 3.8) is 0 Å². The lowest BCUT2D eigenvalue weighted by atomic mass is 10.1. The van der Waals surface area contributed by atoms with Gasteiger partial charge in [0.2, 0.25) is 0 Å². The van der Waals surface area contributed by atoms with Gasteiger partial charge in [0.25, 0.3) is 11.8 Å². The third-order valence-electron chi connectivity index (χ3n) is 9.20. The quantitative estimate of drug-likeness (QED) is 0.162. The molecule has 4 aliphatic heterocycles. The first-order chi connectivity index (χ1) is 25.1. The first kappa shape index (κ1) is 34.9. The average molecular weight is 723 g/mol. The third-order valence-corrected chi connectivity index (χ3v) is 9.85. The van der Waals surface area contributed by atoms with Crippen molar-refractivity contribution < 1.29 is 38.1 Å². The fourth-order valence-electron chi connectivity index (χ4n) is 6.69. The fourth-order valence-corrected chi connectivity index (χ4v) is 7.05. The van der Waals surface area contributed by atoms with Crippen LogP contribution in [0.2, 0.25) is 0 Å². The van der Waals surface area contributed by atoms with Gasteiger partial charge in [-0.2, -0.15) is 0 Å². The molecule has 2 fully saturated rings. The highest BCUT2D eigenvalue weighted by molar-refractivity contribution is 8.13. The first-order valence-corrected chi connectivity index (χ1v) is 17.7. The summed E-state index contributed by atoms with van der Waals surface area (Å²) in [6.07, 6.45) is 4.94. The number of carbonyl (C=O) groups excluding carboxylic acids is 3. The lowest BCUT2D eigenvalue weighted by molar-refractivity contribution is -0.109. The van der Waals surface area contributed by atoms with Gasteiger partial charge in [-0.1, -0.05) is 24.3 Å². The van der Waals surface area contributed by atoms with Crippen molar-refractivity contribution in [2.45, 2.75) is 45.1 Å². The van der Waals surface area contributed by atoms with Gasteiger partial charge in [-0.3, -0.25) is 24.4 Å². The van der Waals surface area contributed by atoms with Crippen LogP contribution < -0.4 is 23.7 Å². The molecule has 4 heterocycles. The zero-order valence-electron chi connectivity index (χ0n) is 29.2. The molecule has 2 atom stereocenters. The minimum Gasteiger partial charge on any atom is -0.493 e. The number of hydrogen-bond donors (Lipinski definition) is 0. The maximum atomic E-state index is 13.4. The Morgan fingerprint density at radius 3 is 1.65 bits per heavy atom. The van der Waals surface area contributed by atoms with Gasteiger partial charge in [0.1, 0.15) is 24.9 Å². The highest BCUT2D eigenvalue weighted by Gasteiger charge is 2.35. The van der Waals surface area contributed by atoms with Crippen LogP contribution >= 0.6 is 11.8 Å². The van der Waals surface area contributed by atoms with Crippen LogP contribution in [-0.4, -0.2) is 84.5 Å². The molecule has 0 spiro atoms. The molecule has 268 valence electrons. The second-order valence-electron chi connectivity index (χ2n) is 13.0. The number of amides is 2. The third kappa shape index (κ3) is 7.13. The summed E-state index contributed by atoms with van der Waals surface area (Å²) in [4.78, 5) is 51.2. The summed E-state index contributed by atoms with van der Waals surface area (Å²) >= 11 is 1.06. The minimum atomic E-state index is -0.133. The van der Waals surface area contributed by atoms with Gasteiger partial charge in [-0.05, 0) is 66.1 Å². The number of ether oxygens (including phenoxy) is 5. The topological polar surface area (TPSA) is 129 Å². The summed E-state index contributed by atoms with van der Waals surface area (Å²) in [6.45, 7) is 10.8. The molecule has 3 aromatic carbocycles. The Bertz CT molecular complexity index is 1930. The van der Waals surface area contributed by atoms with E-state index in [0.717, 1.165) is 34.0 Å². The fraction of sp³-hybridized carbons (Fsp3) is 0.308. The second kappa shape index (κ2) is 14.6. The van der Waals surface area contributed by atoms with Crippen LogP contribution in [0.5, 0.6) is 28.7 Å². The maximum absolute atomic E-state index is 13.4. The number of rotatable bonds is 11. The van der Waals surface area contributed by atoms with Crippen LogP contribution in [-0.2, 0) is 18.0 Å². The predicted octanol–water partition coefficient (Wildman–Crippen LogP) is 6.45. The Kier molecular flexibility index (Phi) is 9.78. The van der Waals surface area contributed by atoms with E-state index in [1.165, 1.54) is 21.1 Å². The molecule has 4 aliphatic rings. The number of fused-ring (bicyclic) bond motifs is 4. The number of thioether (sulfide) groups is 1. The number of nitrogens with zero attached hydrogens (tertiary/aromatic N) is 4. The summed E-state index contributed by atoms with van der Waals surface area (Å²) in [7, 11) is 3.04.